The van der Waals surface area contributed by atoms with Gasteiger partial charge in [-0.25, -0.2) is 4.99 Å². The highest BCUT2D eigenvalue weighted by atomic mass is 32.2. The van der Waals surface area contributed by atoms with Crippen molar-refractivity contribution in [3.63, 3.8) is 0 Å². The number of hydrogen-bond donors (Lipinski definition) is 1. The summed E-state index contributed by atoms with van der Waals surface area (Å²) in [5, 5.41) is 5.66. The Morgan fingerprint density at radius 1 is 1.20 bits per heavy atom. The molecule has 0 aromatic heterocycles. The lowest BCUT2D eigenvalue weighted by atomic mass is 9.92. The van der Waals surface area contributed by atoms with Crippen LogP contribution >= 0.6 is 11.8 Å². The van der Waals surface area contributed by atoms with E-state index in [1.54, 1.807) is 0 Å². The van der Waals surface area contributed by atoms with Gasteiger partial charge in [-0.05, 0) is 45.6 Å². The van der Waals surface area contributed by atoms with E-state index >= 15 is 0 Å². The molecule has 2 aliphatic heterocycles. The lowest BCUT2D eigenvalue weighted by molar-refractivity contribution is -0.127. The van der Waals surface area contributed by atoms with Gasteiger partial charge >= 0.3 is 0 Å². The lowest BCUT2D eigenvalue weighted by Crippen LogP contribution is -2.42. The number of rotatable bonds is 7. The highest BCUT2D eigenvalue weighted by molar-refractivity contribution is 8.16. The van der Waals surface area contributed by atoms with Gasteiger partial charge in [0.15, 0.2) is 5.17 Å². The number of amidine groups is 1. The highest BCUT2D eigenvalue weighted by Gasteiger charge is 2.41. The van der Waals surface area contributed by atoms with Crippen LogP contribution in [0.5, 0.6) is 0 Å². The number of likely N-dealkylation sites (N-methyl/N-ethyl adjacent to an activating group) is 1. The van der Waals surface area contributed by atoms with E-state index in [1.165, 1.54) is 11.8 Å². The molecule has 0 saturated heterocycles. The average Bonchev–Trinajstić information content (AvgIpc) is 3.09. The third kappa shape index (κ3) is 4.31. The maximum Gasteiger partial charge on any atom is 0.254 e. The Balaban J connectivity index is 2.10. The summed E-state index contributed by atoms with van der Waals surface area (Å²) in [4.78, 5) is 34.5. The second-order valence-electron chi connectivity index (χ2n) is 7.41. The molecule has 2 aliphatic rings. The van der Waals surface area contributed by atoms with Gasteiger partial charge in [0.05, 0.1) is 23.7 Å². The molecule has 1 aromatic carbocycles. The number of aryl methyl sites for hydroxylation is 1. The Labute approximate surface area is 183 Å². The van der Waals surface area contributed by atoms with Gasteiger partial charge in [-0.15, -0.1) is 0 Å². The fourth-order valence-electron chi connectivity index (χ4n) is 3.90. The van der Waals surface area contributed by atoms with Crippen molar-refractivity contribution in [1.82, 2.24) is 15.1 Å². The van der Waals surface area contributed by atoms with E-state index in [-0.39, 0.29) is 24.3 Å². The SMILES string of the molecule is CCNC(=O)CC1=CSC2=NC(C)=C(C(=O)N(CC)CC)C(c3cccc(C)c3)N12. The summed E-state index contributed by atoms with van der Waals surface area (Å²) in [7, 11) is 0. The number of aliphatic imine (C=N–C) groups is 1. The first-order valence-corrected chi connectivity index (χ1v) is 11.4. The van der Waals surface area contributed by atoms with Crippen LogP contribution in [0.15, 0.2) is 51.6 Å². The minimum Gasteiger partial charge on any atom is -0.356 e. The maximum atomic E-state index is 13.5. The average molecular weight is 427 g/mol. The first-order valence-electron chi connectivity index (χ1n) is 10.5. The second kappa shape index (κ2) is 9.51. The molecule has 1 aromatic rings. The van der Waals surface area contributed by atoms with Gasteiger partial charge in [0, 0.05) is 25.3 Å². The summed E-state index contributed by atoms with van der Waals surface area (Å²) in [5.74, 6) is -0.0300. The van der Waals surface area contributed by atoms with Gasteiger partial charge in [-0.1, -0.05) is 41.6 Å². The molecule has 2 heterocycles. The number of hydrogen-bond acceptors (Lipinski definition) is 5. The molecule has 0 aliphatic carbocycles. The topological polar surface area (TPSA) is 65.0 Å². The maximum absolute atomic E-state index is 13.5. The van der Waals surface area contributed by atoms with Crippen molar-refractivity contribution in [2.24, 2.45) is 4.99 Å². The predicted molar refractivity (Wildman–Crippen MR) is 123 cm³/mol. The van der Waals surface area contributed by atoms with Crippen LogP contribution in [0.25, 0.3) is 0 Å². The fraction of sp³-hybridized carbons (Fsp3) is 0.435. The van der Waals surface area contributed by atoms with Crippen LogP contribution < -0.4 is 5.32 Å². The molecule has 160 valence electrons. The number of carbonyl (C=O) groups is 2. The first-order chi connectivity index (χ1) is 14.4. The van der Waals surface area contributed by atoms with Crippen LogP contribution in [0.4, 0.5) is 0 Å². The third-order valence-corrected chi connectivity index (χ3v) is 6.24. The molecule has 2 amide bonds. The zero-order valence-electron chi connectivity index (χ0n) is 18.4. The molecule has 30 heavy (non-hydrogen) atoms. The van der Waals surface area contributed by atoms with Crippen LogP contribution in [0.2, 0.25) is 0 Å². The van der Waals surface area contributed by atoms with Crippen LogP contribution in [-0.4, -0.2) is 46.4 Å². The van der Waals surface area contributed by atoms with Gasteiger partial charge in [-0.2, -0.15) is 0 Å². The summed E-state index contributed by atoms with van der Waals surface area (Å²) in [6.45, 7) is 11.7. The quantitative estimate of drug-likeness (QED) is 0.717. The number of thioether (sulfide) groups is 1. The molecule has 0 radical (unpaired) electrons. The van der Waals surface area contributed by atoms with Gasteiger partial charge in [0.2, 0.25) is 5.91 Å². The Kier molecular flexibility index (Phi) is 7.02. The third-order valence-electron chi connectivity index (χ3n) is 5.36. The van der Waals surface area contributed by atoms with Crippen molar-refractivity contribution in [3.05, 3.63) is 57.8 Å². The molecule has 0 saturated carbocycles. The van der Waals surface area contributed by atoms with E-state index in [9.17, 15) is 9.59 Å². The normalized spacial score (nSPS) is 18.0. The number of amides is 2. The summed E-state index contributed by atoms with van der Waals surface area (Å²) in [5.41, 5.74) is 4.45. The summed E-state index contributed by atoms with van der Waals surface area (Å²) in [6.07, 6.45) is 0.258. The minimum absolute atomic E-state index is 0.000987. The number of benzene rings is 1. The standard InChI is InChI=1S/C23H30N4O2S/c1-6-24-19(28)13-18-14-30-23-25-16(5)20(22(29)26(7-2)8-3)21(27(18)23)17-11-9-10-15(4)12-17/h9-12,14,21H,6-8,13H2,1-5H3,(H,24,28). The van der Waals surface area contributed by atoms with E-state index in [4.69, 9.17) is 4.99 Å². The number of carbonyl (C=O) groups excluding carboxylic acids is 2. The van der Waals surface area contributed by atoms with Crippen molar-refractivity contribution in [2.45, 2.75) is 47.1 Å². The molecule has 1 N–H and O–H groups in total. The van der Waals surface area contributed by atoms with E-state index in [0.29, 0.717) is 25.2 Å². The van der Waals surface area contributed by atoms with E-state index in [0.717, 1.165) is 27.7 Å². The number of nitrogens with one attached hydrogen (secondary N) is 1. The highest BCUT2D eigenvalue weighted by Crippen LogP contribution is 2.45. The Morgan fingerprint density at radius 2 is 1.93 bits per heavy atom. The number of allylic oxidation sites excluding steroid dienone is 1. The van der Waals surface area contributed by atoms with Crippen LogP contribution in [0.3, 0.4) is 0 Å². The van der Waals surface area contributed by atoms with Crippen LogP contribution in [-0.2, 0) is 9.59 Å². The Hall–Kier alpha value is -2.54. The smallest absolute Gasteiger partial charge is 0.254 e. The van der Waals surface area contributed by atoms with Gasteiger partial charge in [0.1, 0.15) is 0 Å². The van der Waals surface area contributed by atoms with Crippen molar-refractivity contribution in [3.8, 4) is 0 Å². The van der Waals surface area contributed by atoms with Gasteiger partial charge in [0.25, 0.3) is 5.91 Å². The monoisotopic (exact) mass is 426 g/mol. The Morgan fingerprint density at radius 3 is 2.57 bits per heavy atom. The Bertz CT molecular complexity index is 931. The largest absolute Gasteiger partial charge is 0.356 e. The zero-order valence-corrected chi connectivity index (χ0v) is 19.2. The minimum atomic E-state index is -0.304. The second-order valence-corrected chi connectivity index (χ2v) is 8.25. The number of fused-ring (bicyclic) bond motifs is 1. The summed E-state index contributed by atoms with van der Waals surface area (Å²) in [6, 6.07) is 7.93. The van der Waals surface area contributed by atoms with Gasteiger partial charge < -0.3 is 15.1 Å². The first kappa shape index (κ1) is 22.2. The summed E-state index contributed by atoms with van der Waals surface area (Å²) < 4.78 is 0. The zero-order chi connectivity index (χ0) is 21.8. The lowest BCUT2D eigenvalue weighted by Gasteiger charge is -2.38. The van der Waals surface area contributed by atoms with E-state index in [1.807, 2.05) is 57.1 Å². The molecule has 1 atom stereocenters. The van der Waals surface area contributed by atoms with E-state index < -0.39 is 0 Å². The van der Waals surface area contributed by atoms with E-state index in [2.05, 4.69) is 22.3 Å². The molecule has 3 rings (SSSR count). The predicted octanol–water partition coefficient (Wildman–Crippen LogP) is 3.96. The molecule has 0 bridgehead atoms. The van der Waals surface area contributed by atoms with Gasteiger partial charge in [-0.3, -0.25) is 9.59 Å². The molecule has 0 spiro atoms. The molecular formula is C23H30N4O2S. The summed E-state index contributed by atoms with van der Waals surface area (Å²) >= 11 is 1.51. The number of nitrogens with zero attached hydrogens (tertiary/aromatic N) is 3. The van der Waals surface area contributed by atoms with Crippen molar-refractivity contribution >= 4 is 28.7 Å². The molecular weight excluding hydrogens is 396 g/mol. The molecule has 6 nitrogen and oxygen atoms in total. The van der Waals surface area contributed by atoms with Crippen LogP contribution in [0.1, 0.15) is 51.3 Å². The fourth-order valence-corrected chi connectivity index (χ4v) is 4.87. The van der Waals surface area contributed by atoms with Crippen molar-refractivity contribution in [2.75, 3.05) is 19.6 Å². The van der Waals surface area contributed by atoms with Crippen molar-refractivity contribution in [1.29, 1.82) is 0 Å². The van der Waals surface area contributed by atoms with Crippen molar-refractivity contribution < 1.29 is 9.59 Å². The molecule has 1 unspecified atom stereocenters. The molecule has 7 heteroatoms. The molecule has 0 fully saturated rings. The van der Waals surface area contributed by atoms with Crippen LogP contribution in [0, 0.1) is 6.92 Å².